The van der Waals surface area contributed by atoms with Gasteiger partial charge in [-0.25, -0.2) is 4.99 Å². The Hall–Kier alpha value is -0.730. The molecule has 2 N–H and O–H groups in total. The number of aliphatic imine (C=N–C) groups is 1. The van der Waals surface area contributed by atoms with Gasteiger partial charge in [0.25, 0.3) is 6.02 Å². The van der Waals surface area contributed by atoms with E-state index in [2.05, 4.69) is 11.9 Å². The Morgan fingerprint density at radius 1 is 1.73 bits per heavy atom. The molecule has 2 atom stereocenters. The van der Waals surface area contributed by atoms with Gasteiger partial charge in [0.2, 0.25) is 0 Å². The molecule has 62 valence electrons. The molecule has 0 radical (unpaired) electrons. The molecular weight excluding hydrogens is 140 g/mol. The van der Waals surface area contributed by atoms with Gasteiger partial charge in [-0.1, -0.05) is 6.42 Å². The van der Waals surface area contributed by atoms with Crippen molar-refractivity contribution in [2.75, 3.05) is 6.61 Å². The monoisotopic (exact) mass is 154 g/mol. The fraction of sp³-hybridized carbons (Fsp3) is 0.875. The SMILES string of the molecule is CC12CCCC1COC(N)=N2. The first-order valence-corrected chi connectivity index (χ1v) is 4.19. The average molecular weight is 154 g/mol. The molecular formula is C8H14N2O. The van der Waals surface area contributed by atoms with Crippen LogP contribution in [0.5, 0.6) is 0 Å². The molecule has 1 aliphatic carbocycles. The van der Waals surface area contributed by atoms with E-state index >= 15 is 0 Å². The minimum absolute atomic E-state index is 0.0995. The smallest absolute Gasteiger partial charge is 0.282 e. The molecule has 2 aliphatic rings. The first kappa shape index (κ1) is 6.95. The molecule has 1 fully saturated rings. The molecule has 1 aliphatic heterocycles. The summed E-state index contributed by atoms with van der Waals surface area (Å²) in [4.78, 5) is 4.35. The lowest BCUT2D eigenvalue weighted by molar-refractivity contribution is 0.159. The van der Waals surface area contributed by atoms with Crippen LogP contribution in [0.25, 0.3) is 0 Å². The lowest BCUT2D eigenvalue weighted by atomic mass is 9.90. The number of fused-ring (bicyclic) bond motifs is 1. The Kier molecular flexibility index (Phi) is 1.34. The van der Waals surface area contributed by atoms with Crippen LogP contribution in [-0.2, 0) is 4.74 Å². The van der Waals surface area contributed by atoms with E-state index in [0.29, 0.717) is 11.9 Å². The van der Waals surface area contributed by atoms with E-state index in [9.17, 15) is 0 Å². The van der Waals surface area contributed by atoms with Crippen molar-refractivity contribution in [2.45, 2.75) is 31.7 Å². The standard InChI is InChI=1S/C8H14N2O/c1-8-4-2-3-6(8)5-11-7(9)10-8/h6H,2-5H2,1H3,(H2,9,10). The largest absolute Gasteiger partial charge is 0.465 e. The highest BCUT2D eigenvalue weighted by Gasteiger charge is 2.41. The van der Waals surface area contributed by atoms with Crippen molar-refractivity contribution in [3.63, 3.8) is 0 Å². The first-order valence-electron chi connectivity index (χ1n) is 4.19. The predicted molar refractivity (Wildman–Crippen MR) is 43.3 cm³/mol. The number of hydrogen-bond donors (Lipinski definition) is 1. The van der Waals surface area contributed by atoms with Crippen molar-refractivity contribution in [2.24, 2.45) is 16.6 Å². The van der Waals surface area contributed by atoms with E-state index in [0.717, 1.165) is 6.61 Å². The second kappa shape index (κ2) is 2.13. The quantitative estimate of drug-likeness (QED) is 0.563. The minimum Gasteiger partial charge on any atom is -0.465 e. The van der Waals surface area contributed by atoms with E-state index in [1.54, 1.807) is 0 Å². The summed E-state index contributed by atoms with van der Waals surface area (Å²) >= 11 is 0. The number of rotatable bonds is 0. The molecule has 0 amide bonds. The summed E-state index contributed by atoms with van der Waals surface area (Å²) < 4.78 is 5.18. The Labute approximate surface area is 66.6 Å². The van der Waals surface area contributed by atoms with Crippen molar-refractivity contribution in [3.8, 4) is 0 Å². The van der Waals surface area contributed by atoms with Crippen LogP contribution < -0.4 is 5.73 Å². The van der Waals surface area contributed by atoms with Crippen molar-refractivity contribution >= 4 is 6.02 Å². The van der Waals surface area contributed by atoms with E-state index in [1.165, 1.54) is 19.3 Å². The lowest BCUT2D eigenvalue weighted by Gasteiger charge is -2.31. The number of amidine groups is 1. The van der Waals surface area contributed by atoms with Gasteiger partial charge in [0.1, 0.15) is 0 Å². The molecule has 3 nitrogen and oxygen atoms in total. The normalized spacial score (nSPS) is 42.6. The van der Waals surface area contributed by atoms with Crippen molar-refractivity contribution in [1.29, 1.82) is 0 Å². The number of nitrogens with zero attached hydrogens (tertiary/aromatic N) is 1. The molecule has 1 heterocycles. The molecule has 0 aromatic carbocycles. The average Bonchev–Trinajstić information content (AvgIpc) is 2.28. The van der Waals surface area contributed by atoms with Crippen molar-refractivity contribution < 1.29 is 4.74 Å². The van der Waals surface area contributed by atoms with Gasteiger partial charge in [-0.05, 0) is 19.8 Å². The second-order valence-corrected chi connectivity index (χ2v) is 3.71. The topological polar surface area (TPSA) is 47.6 Å². The Balaban J connectivity index is 2.27. The van der Waals surface area contributed by atoms with Crippen LogP contribution in [0.4, 0.5) is 0 Å². The van der Waals surface area contributed by atoms with Gasteiger partial charge in [-0.15, -0.1) is 0 Å². The van der Waals surface area contributed by atoms with Gasteiger partial charge >= 0.3 is 0 Å². The molecule has 2 unspecified atom stereocenters. The molecule has 1 saturated carbocycles. The second-order valence-electron chi connectivity index (χ2n) is 3.71. The van der Waals surface area contributed by atoms with E-state index in [-0.39, 0.29) is 5.54 Å². The van der Waals surface area contributed by atoms with Crippen molar-refractivity contribution in [3.05, 3.63) is 0 Å². The summed E-state index contributed by atoms with van der Waals surface area (Å²) in [5, 5.41) is 0. The van der Waals surface area contributed by atoms with Crippen LogP contribution in [0.1, 0.15) is 26.2 Å². The minimum atomic E-state index is 0.0995. The molecule has 2 rings (SSSR count). The van der Waals surface area contributed by atoms with Gasteiger partial charge in [-0.3, -0.25) is 0 Å². The maximum atomic E-state index is 5.50. The number of ether oxygens (including phenoxy) is 1. The zero-order chi connectivity index (χ0) is 7.90. The van der Waals surface area contributed by atoms with Gasteiger partial charge < -0.3 is 10.5 Å². The van der Waals surface area contributed by atoms with Crippen LogP contribution in [0.15, 0.2) is 4.99 Å². The highest BCUT2D eigenvalue weighted by Crippen LogP contribution is 2.40. The van der Waals surface area contributed by atoms with E-state index in [4.69, 9.17) is 10.5 Å². The van der Waals surface area contributed by atoms with Crippen LogP contribution in [0.3, 0.4) is 0 Å². The summed E-state index contributed by atoms with van der Waals surface area (Å²) in [6.45, 7) is 2.95. The molecule has 11 heavy (non-hydrogen) atoms. The van der Waals surface area contributed by atoms with Gasteiger partial charge in [0.15, 0.2) is 0 Å². The summed E-state index contributed by atoms with van der Waals surface area (Å²) in [7, 11) is 0. The molecule has 3 heteroatoms. The predicted octanol–water partition coefficient (Wildman–Crippen LogP) is 0.890. The highest BCUT2D eigenvalue weighted by atomic mass is 16.5. The summed E-state index contributed by atoms with van der Waals surface area (Å²) in [6, 6.07) is 0.380. The highest BCUT2D eigenvalue weighted by molar-refractivity contribution is 5.72. The third-order valence-electron chi connectivity index (χ3n) is 2.91. The molecule has 0 saturated heterocycles. The van der Waals surface area contributed by atoms with Crippen LogP contribution in [0.2, 0.25) is 0 Å². The zero-order valence-electron chi connectivity index (χ0n) is 6.84. The van der Waals surface area contributed by atoms with Crippen LogP contribution >= 0.6 is 0 Å². The first-order chi connectivity index (χ1) is 5.21. The van der Waals surface area contributed by atoms with E-state index in [1.807, 2.05) is 0 Å². The maximum Gasteiger partial charge on any atom is 0.282 e. The fourth-order valence-electron chi connectivity index (χ4n) is 2.10. The fourth-order valence-corrected chi connectivity index (χ4v) is 2.10. The van der Waals surface area contributed by atoms with E-state index < -0.39 is 0 Å². The van der Waals surface area contributed by atoms with Crippen LogP contribution in [0, 0.1) is 5.92 Å². The molecule has 0 bridgehead atoms. The maximum absolute atomic E-state index is 5.50. The summed E-state index contributed by atoms with van der Waals surface area (Å²) in [5.41, 5.74) is 5.60. The Morgan fingerprint density at radius 2 is 2.55 bits per heavy atom. The molecule has 0 spiro atoms. The third kappa shape index (κ3) is 0.988. The number of hydrogen-bond acceptors (Lipinski definition) is 3. The van der Waals surface area contributed by atoms with Crippen molar-refractivity contribution in [1.82, 2.24) is 0 Å². The van der Waals surface area contributed by atoms with Gasteiger partial charge in [0, 0.05) is 5.92 Å². The summed E-state index contributed by atoms with van der Waals surface area (Å²) in [5.74, 6) is 0.606. The van der Waals surface area contributed by atoms with Crippen LogP contribution in [-0.4, -0.2) is 18.2 Å². The number of nitrogens with two attached hydrogens (primary N) is 1. The zero-order valence-corrected chi connectivity index (χ0v) is 6.84. The third-order valence-corrected chi connectivity index (χ3v) is 2.91. The Bertz CT molecular complexity index is 202. The summed E-state index contributed by atoms with van der Waals surface area (Å²) in [6.07, 6.45) is 3.68. The molecule has 0 aromatic rings. The molecule has 0 aromatic heterocycles. The van der Waals surface area contributed by atoms with Gasteiger partial charge in [-0.2, -0.15) is 0 Å². The van der Waals surface area contributed by atoms with Gasteiger partial charge in [0.05, 0.1) is 12.1 Å². The lowest BCUT2D eigenvalue weighted by Crippen LogP contribution is -2.39. The Morgan fingerprint density at radius 3 is 3.36 bits per heavy atom.